The van der Waals surface area contributed by atoms with E-state index in [1.165, 1.54) is 70.5 Å². The smallest absolute Gasteiger partial charge is 0.326 e. The molecule has 0 aromatic carbocycles. The number of hydrogen-bond donors (Lipinski definition) is 8. The molecule has 0 saturated carbocycles. The Labute approximate surface area is 463 Å². The first-order chi connectivity index (χ1) is 37.8. The lowest BCUT2D eigenvalue weighted by Crippen LogP contribution is -2.41. The van der Waals surface area contributed by atoms with Crippen molar-refractivity contribution in [1.29, 1.82) is 0 Å². The van der Waals surface area contributed by atoms with Crippen LogP contribution in [0, 0.1) is 5.92 Å². The van der Waals surface area contributed by atoms with Gasteiger partial charge in [-0.1, -0.05) is 96.3 Å². The molecule has 0 aliphatic heterocycles. The molecule has 78 heavy (non-hydrogen) atoms. The number of Topliss-reactive ketones (excluding diaryl/α,β-unsaturated/α-hetero) is 3. The average Bonchev–Trinajstić information content (AvgIpc) is 3.94. The van der Waals surface area contributed by atoms with Gasteiger partial charge < -0.3 is 60.5 Å². The van der Waals surface area contributed by atoms with Crippen LogP contribution in [0.1, 0.15) is 193 Å². The van der Waals surface area contributed by atoms with Crippen LogP contribution in [0.2, 0.25) is 0 Å². The third kappa shape index (κ3) is 45.8. The Morgan fingerprint density at radius 3 is 1.69 bits per heavy atom. The minimum absolute atomic E-state index is 0.00324. The van der Waals surface area contributed by atoms with E-state index in [1.54, 1.807) is 6.20 Å². The predicted molar refractivity (Wildman–Crippen MR) is 293 cm³/mol. The summed E-state index contributed by atoms with van der Waals surface area (Å²) in [5, 5.41) is 37.7. The number of carbonyl (C=O) groups is 9. The Balaban J connectivity index is 0.00000152. The van der Waals surface area contributed by atoms with Gasteiger partial charge in [0.05, 0.1) is 32.2 Å². The normalized spacial score (nSPS) is 12.1. The van der Waals surface area contributed by atoms with Gasteiger partial charge in [0.2, 0.25) is 24.1 Å². The first-order valence-corrected chi connectivity index (χ1v) is 28.7. The van der Waals surface area contributed by atoms with Crippen LogP contribution in [0.25, 0.3) is 0 Å². The number of aliphatic hydroxyl groups excluding tert-OH is 1. The van der Waals surface area contributed by atoms with Crippen LogP contribution in [0.4, 0.5) is 0 Å². The van der Waals surface area contributed by atoms with Crippen LogP contribution in [-0.4, -0.2) is 163 Å². The summed E-state index contributed by atoms with van der Waals surface area (Å²) in [6.07, 6.45) is 26.2. The highest BCUT2D eigenvalue weighted by Crippen LogP contribution is 2.18. The Hall–Kier alpha value is -5.16. The van der Waals surface area contributed by atoms with E-state index in [9.17, 15) is 53.4 Å². The van der Waals surface area contributed by atoms with Crippen molar-refractivity contribution >= 4 is 53.4 Å². The van der Waals surface area contributed by atoms with Gasteiger partial charge >= 0.3 is 11.9 Å². The van der Waals surface area contributed by atoms with Crippen molar-refractivity contribution in [1.82, 2.24) is 31.2 Å². The highest BCUT2D eigenvalue weighted by molar-refractivity contribution is 5.87. The fourth-order valence-electron chi connectivity index (χ4n) is 8.24. The van der Waals surface area contributed by atoms with Crippen LogP contribution in [0.5, 0.6) is 0 Å². The fourth-order valence-corrected chi connectivity index (χ4v) is 8.24. The van der Waals surface area contributed by atoms with E-state index in [1.807, 2.05) is 13.8 Å². The maximum absolute atomic E-state index is 12.6. The number of unbranched alkanes of at least 4 members (excludes halogenated alkanes) is 16. The highest BCUT2D eigenvalue weighted by atomic mass is 16.5. The first-order valence-electron chi connectivity index (χ1n) is 28.7. The van der Waals surface area contributed by atoms with Crippen molar-refractivity contribution in [2.45, 2.75) is 206 Å². The summed E-state index contributed by atoms with van der Waals surface area (Å²) in [6, 6.07) is -1.74. The van der Waals surface area contributed by atoms with E-state index in [0.717, 1.165) is 38.5 Å². The summed E-state index contributed by atoms with van der Waals surface area (Å²) >= 11 is 0. The number of carbonyl (C=O) groups excluding carboxylic acids is 7. The molecule has 8 N–H and O–H groups in total. The molecule has 4 amide bonds. The molecule has 0 bridgehead atoms. The Morgan fingerprint density at radius 1 is 0.564 bits per heavy atom. The zero-order valence-electron chi connectivity index (χ0n) is 47.1. The minimum atomic E-state index is -1.09. The number of aromatic amines is 1. The number of imidazole rings is 1. The lowest BCUT2D eigenvalue weighted by atomic mass is 9.90. The predicted octanol–water partition coefficient (Wildman–Crippen LogP) is 5.89. The zero-order chi connectivity index (χ0) is 57.7. The van der Waals surface area contributed by atoms with Gasteiger partial charge in [-0.15, -0.1) is 0 Å². The molecule has 22 heteroatoms. The number of aliphatic hydroxyl groups is 1. The average molecular weight is 1110 g/mol. The van der Waals surface area contributed by atoms with Gasteiger partial charge in [0.1, 0.15) is 31.6 Å². The number of carboxylic acids is 2. The number of rotatable bonds is 55. The molecule has 1 aromatic heterocycles. The molecule has 3 atom stereocenters. The SMILES string of the molecule is CCOCC(=O)NCCOCCOCC(=O)NCCCC[C@H](CCC(=O)[C@H](Cc1cnc[nH]1)NC=O)C(=O)CO.CCOCCCC(=O)CC[C@H](NC(=O)CCCCCCCCCCCCCCCCCCC(=O)O)C(=O)O. The van der Waals surface area contributed by atoms with Crippen LogP contribution in [0.3, 0.4) is 0 Å². The Bertz CT molecular complexity index is 1740. The van der Waals surface area contributed by atoms with E-state index in [2.05, 4.69) is 31.2 Å². The largest absolute Gasteiger partial charge is 0.481 e. The van der Waals surface area contributed by atoms with Crippen molar-refractivity contribution < 1.29 is 77.4 Å². The number of ether oxygens (including phenoxy) is 4. The molecule has 0 unspecified atom stereocenters. The minimum Gasteiger partial charge on any atom is -0.481 e. The van der Waals surface area contributed by atoms with Crippen molar-refractivity contribution in [2.75, 3.05) is 72.6 Å². The summed E-state index contributed by atoms with van der Waals surface area (Å²) in [5.74, 6) is -3.55. The molecular formula is C56H98N6O16. The van der Waals surface area contributed by atoms with Crippen molar-refractivity contribution in [2.24, 2.45) is 5.92 Å². The molecule has 1 aromatic rings. The summed E-state index contributed by atoms with van der Waals surface area (Å²) in [5.41, 5.74) is 0.701. The van der Waals surface area contributed by atoms with Crippen LogP contribution >= 0.6 is 0 Å². The third-order valence-electron chi connectivity index (χ3n) is 12.7. The lowest BCUT2D eigenvalue weighted by Gasteiger charge is -2.17. The monoisotopic (exact) mass is 1110 g/mol. The molecule has 0 aliphatic carbocycles. The van der Waals surface area contributed by atoms with E-state index in [-0.39, 0.29) is 93.6 Å². The van der Waals surface area contributed by atoms with Gasteiger partial charge in [-0.05, 0) is 58.8 Å². The van der Waals surface area contributed by atoms with Crippen molar-refractivity contribution in [3.05, 3.63) is 18.2 Å². The molecule has 0 aliphatic rings. The second-order valence-electron chi connectivity index (χ2n) is 19.3. The van der Waals surface area contributed by atoms with Gasteiger partial charge in [-0.3, -0.25) is 38.4 Å². The summed E-state index contributed by atoms with van der Waals surface area (Å²) < 4.78 is 20.8. The van der Waals surface area contributed by atoms with Crippen molar-refractivity contribution in [3.8, 4) is 0 Å². The number of nitrogens with one attached hydrogen (secondary N) is 5. The van der Waals surface area contributed by atoms with Crippen LogP contribution in [0.15, 0.2) is 12.5 Å². The topological polar surface area (TPSA) is 328 Å². The van der Waals surface area contributed by atoms with Gasteiger partial charge in [-0.2, -0.15) is 0 Å². The first kappa shape index (κ1) is 72.8. The summed E-state index contributed by atoms with van der Waals surface area (Å²) in [4.78, 5) is 112. The maximum Gasteiger partial charge on any atom is 0.326 e. The van der Waals surface area contributed by atoms with E-state index in [4.69, 9.17) is 24.1 Å². The molecule has 0 fully saturated rings. The van der Waals surface area contributed by atoms with E-state index < -0.39 is 36.5 Å². The zero-order valence-corrected chi connectivity index (χ0v) is 47.1. The molecule has 448 valence electrons. The second kappa shape index (κ2) is 52.5. The molecule has 0 radical (unpaired) electrons. The van der Waals surface area contributed by atoms with Crippen molar-refractivity contribution in [3.63, 3.8) is 0 Å². The number of aliphatic carboxylic acids is 2. The number of carboxylic acid groups (broad SMARTS) is 2. The van der Waals surface area contributed by atoms with Gasteiger partial charge in [0.25, 0.3) is 0 Å². The molecular weight excluding hydrogens is 1010 g/mol. The van der Waals surface area contributed by atoms with Gasteiger partial charge in [0, 0.05) is 89.2 Å². The fraction of sp³-hybridized carbons (Fsp3) is 0.786. The molecule has 22 nitrogen and oxygen atoms in total. The second-order valence-corrected chi connectivity index (χ2v) is 19.3. The van der Waals surface area contributed by atoms with Gasteiger partial charge in [0.15, 0.2) is 11.6 Å². The lowest BCUT2D eigenvalue weighted by molar-refractivity contribution is -0.142. The van der Waals surface area contributed by atoms with Crippen LogP contribution < -0.4 is 21.3 Å². The van der Waals surface area contributed by atoms with Crippen LogP contribution in [-0.2, 0) is 68.5 Å². The number of ketones is 3. The van der Waals surface area contributed by atoms with Gasteiger partial charge in [-0.25, -0.2) is 9.78 Å². The molecule has 1 rings (SSSR count). The number of nitrogens with zero attached hydrogens (tertiary/aromatic N) is 1. The molecule has 0 saturated heterocycles. The van der Waals surface area contributed by atoms with E-state index in [0.29, 0.717) is 96.6 Å². The standard InChI is InChI=1S/C30H55NO7.C26H43N5O9/c1-2-38-25-19-20-26(32)23-24-27(30(36)37)31-28(33)21-17-15-13-11-9-7-5-3-4-6-8-10-12-14-16-18-22-29(34)35;1-2-38-16-25(36)29-9-10-39-11-12-40-17-26(37)28-8-4-3-5-20(24(35)15-32)6-7-23(34)22(31-19-33)13-21-14-27-18-30-21/h27H,2-25H2,1H3,(H,31,33)(H,34,35)(H,36,37);14,18-20,22,32H,2-13,15-17H2,1H3,(H,27,30)(H,28,37)(H,29,36)(H,31,33)/t27-;20-,22+/m01/s1. The summed E-state index contributed by atoms with van der Waals surface area (Å²) in [6.45, 7) is 6.22. The Morgan fingerprint density at radius 2 is 1.14 bits per heavy atom. The maximum atomic E-state index is 12.6. The van der Waals surface area contributed by atoms with E-state index >= 15 is 0 Å². The summed E-state index contributed by atoms with van der Waals surface area (Å²) in [7, 11) is 0. The highest BCUT2D eigenvalue weighted by Gasteiger charge is 2.24. The quantitative estimate of drug-likeness (QED) is 0.0278. The number of amides is 4. The number of aromatic nitrogens is 2. The molecule has 0 spiro atoms. The number of hydrogen-bond acceptors (Lipinski definition) is 15. The number of H-pyrrole nitrogens is 1. The Kier molecular flexibility index (Phi) is 49.1. The molecule has 1 heterocycles. The third-order valence-corrected chi connectivity index (χ3v) is 12.7.